The average Bonchev–Trinajstić information content (AvgIpc) is 2.24. The van der Waals surface area contributed by atoms with Gasteiger partial charge in [0.05, 0.1) is 12.1 Å². The number of nitrogens with zero attached hydrogens (tertiary/aromatic N) is 1. The fourth-order valence-corrected chi connectivity index (χ4v) is 2.22. The largest absolute Gasteiger partial charge is 0.507 e. The monoisotopic (exact) mass is 291 g/mol. The molecule has 0 aliphatic carbocycles. The van der Waals surface area contributed by atoms with Crippen LogP contribution in [0.15, 0.2) is 12.1 Å². The van der Waals surface area contributed by atoms with Gasteiger partial charge in [-0.05, 0) is 36.6 Å². The van der Waals surface area contributed by atoms with E-state index in [1.807, 2.05) is 31.1 Å². The third kappa shape index (κ3) is 4.31. The van der Waals surface area contributed by atoms with Gasteiger partial charge in [-0.2, -0.15) is 0 Å². The molecule has 0 spiro atoms. The summed E-state index contributed by atoms with van der Waals surface area (Å²) in [4.78, 5) is 14.3. The van der Waals surface area contributed by atoms with Gasteiger partial charge in [-0.25, -0.2) is 0 Å². The van der Waals surface area contributed by atoms with Gasteiger partial charge in [0, 0.05) is 5.56 Å². The Balaban J connectivity index is 3.53. The van der Waals surface area contributed by atoms with Crippen LogP contribution in [0, 0.1) is 0 Å². The Kier molecular flexibility index (Phi) is 4.89. The number of hydrogen-bond acceptors (Lipinski definition) is 3. The van der Waals surface area contributed by atoms with Crippen LogP contribution in [0.4, 0.5) is 0 Å². The van der Waals surface area contributed by atoms with Crippen LogP contribution >= 0.6 is 0 Å². The Labute approximate surface area is 129 Å². The van der Waals surface area contributed by atoms with E-state index in [1.165, 1.54) is 0 Å². The minimum atomic E-state index is -0.210. The minimum Gasteiger partial charge on any atom is -0.507 e. The highest BCUT2D eigenvalue weighted by molar-refractivity contribution is 6.00. The maximum atomic E-state index is 12.4. The van der Waals surface area contributed by atoms with Gasteiger partial charge in [-0.1, -0.05) is 47.6 Å². The Morgan fingerprint density at radius 1 is 1.05 bits per heavy atom. The number of aromatic hydroxyl groups is 1. The van der Waals surface area contributed by atoms with Crippen LogP contribution < -0.4 is 0 Å². The van der Waals surface area contributed by atoms with Crippen molar-refractivity contribution in [1.82, 2.24) is 4.90 Å². The van der Waals surface area contributed by atoms with Crippen molar-refractivity contribution in [3.05, 3.63) is 28.8 Å². The summed E-state index contributed by atoms with van der Waals surface area (Å²) in [5, 5.41) is 10.6. The van der Waals surface area contributed by atoms with Crippen LogP contribution in [-0.4, -0.2) is 36.4 Å². The van der Waals surface area contributed by atoms with Crippen molar-refractivity contribution in [3.63, 3.8) is 0 Å². The zero-order valence-electron chi connectivity index (χ0n) is 14.7. The number of carbonyl (C=O) groups excluding carboxylic acids is 1. The molecule has 1 aromatic carbocycles. The predicted molar refractivity (Wildman–Crippen MR) is 88.4 cm³/mol. The van der Waals surface area contributed by atoms with E-state index < -0.39 is 0 Å². The Bertz CT molecular complexity index is 531. The molecule has 0 radical (unpaired) electrons. The second kappa shape index (κ2) is 5.80. The third-order valence-electron chi connectivity index (χ3n) is 3.54. The van der Waals surface area contributed by atoms with Crippen molar-refractivity contribution in [1.29, 1.82) is 0 Å². The zero-order valence-corrected chi connectivity index (χ0v) is 14.7. The summed E-state index contributed by atoms with van der Waals surface area (Å²) in [7, 11) is 3.71. The van der Waals surface area contributed by atoms with Crippen molar-refractivity contribution < 1.29 is 9.90 Å². The van der Waals surface area contributed by atoms with E-state index >= 15 is 0 Å². The third-order valence-corrected chi connectivity index (χ3v) is 3.54. The summed E-state index contributed by atoms with van der Waals surface area (Å²) in [6, 6.07) is 3.87. The topological polar surface area (TPSA) is 40.5 Å². The molecule has 0 unspecified atom stereocenters. The molecule has 0 heterocycles. The lowest BCUT2D eigenvalue weighted by Gasteiger charge is -2.27. The van der Waals surface area contributed by atoms with Crippen LogP contribution in [-0.2, 0) is 10.8 Å². The molecule has 0 aromatic heterocycles. The van der Waals surface area contributed by atoms with Gasteiger partial charge >= 0.3 is 0 Å². The molecule has 21 heavy (non-hydrogen) atoms. The zero-order chi connectivity index (χ0) is 16.6. The number of carbonyl (C=O) groups is 1. The molecular weight excluding hydrogens is 262 g/mol. The lowest BCUT2D eigenvalue weighted by molar-refractivity contribution is 0.0955. The van der Waals surface area contributed by atoms with Crippen molar-refractivity contribution >= 4 is 5.78 Å². The van der Waals surface area contributed by atoms with Gasteiger partial charge in [-0.3, -0.25) is 4.79 Å². The van der Waals surface area contributed by atoms with Crippen molar-refractivity contribution in [2.75, 3.05) is 20.6 Å². The quantitative estimate of drug-likeness (QED) is 0.863. The highest BCUT2D eigenvalue weighted by atomic mass is 16.3. The molecule has 1 aromatic rings. The molecule has 3 nitrogen and oxygen atoms in total. The summed E-state index contributed by atoms with van der Waals surface area (Å²) in [5.74, 6) is 0.0800. The molecule has 0 aliphatic heterocycles. The van der Waals surface area contributed by atoms with Crippen LogP contribution in [0.2, 0.25) is 0 Å². The van der Waals surface area contributed by atoms with Crippen LogP contribution in [0.25, 0.3) is 0 Å². The highest BCUT2D eigenvalue weighted by Gasteiger charge is 2.27. The second-order valence-corrected chi connectivity index (χ2v) is 8.08. The van der Waals surface area contributed by atoms with E-state index in [0.29, 0.717) is 12.1 Å². The van der Waals surface area contributed by atoms with Crippen molar-refractivity contribution in [3.8, 4) is 5.75 Å². The Hall–Kier alpha value is -1.35. The maximum Gasteiger partial charge on any atom is 0.180 e. The first-order chi connectivity index (χ1) is 9.34. The van der Waals surface area contributed by atoms with E-state index in [1.54, 1.807) is 0 Å². The number of rotatable bonds is 3. The number of benzene rings is 1. The summed E-state index contributed by atoms with van der Waals surface area (Å²) in [6.07, 6.45) is 0. The average molecular weight is 291 g/mol. The molecule has 0 atom stereocenters. The van der Waals surface area contributed by atoms with Crippen LogP contribution in [0.1, 0.15) is 63.0 Å². The van der Waals surface area contributed by atoms with E-state index in [9.17, 15) is 9.90 Å². The lowest BCUT2D eigenvalue weighted by atomic mass is 9.78. The molecule has 1 N–H and O–H groups in total. The van der Waals surface area contributed by atoms with E-state index in [-0.39, 0.29) is 22.4 Å². The molecule has 0 aliphatic rings. The second-order valence-electron chi connectivity index (χ2n) is 8.08. The fraction of sp³-hybridized carbons (Fsp3) is 0.611. The number of hydrogen-bond donors (Lipinski definition) is 1. The number of ketones is 1. The first-order valence-corrected chi connectivity index (χ1v) is 7.40. The highest BCUT2D eigenvalue weighted by Crippen LogP contribution is 2.37. The van der Waals surface area contributed by atoms with Gasteiger partial charge in [0.1, 0.15) is 5.75 Å². The summed E-state index contributed by atoms with van der Waals surface area (Å²) >= 11 is 0. The van der Waals surface area contributed by atoms with E-state index in [0.717, 1.165) is 11.1 Å². The van der Waals surface area contributed by atoms with Crippen molar-refractivity contribution in [2.24, 2.45) is 0 Å². The number of phenolic OH excluding ortho intramolecular Hbond substituents is 1. The first-order valence-electron chi connectivity index (χ1n) is 7.40. The standard InChI is InChI=1S/C18H29NO2/c1-17(2,3)12-9-13(15(20)11-19(7)8)16(21)14(10-12)18(4,5)6/h9-10,21H,11H2,1-8H3. The number of Topliss-reactive ketones (excluding diaryl/α,β-unsaturated/α-hetero) is 1. The maximum absolute atomic E-state index is 12.4. The first kappa shape index (κ1) is 17.7. The summed E-state index contributed by atoms with van der Waals surface area (Å²) < 4.78 is 0. The smallest absolute Gasteiger partial charge is 0.180 e. The van der Waals surface area contributed by atoms with Crippen molar-refractivity contribution in [2.45, 2.75) is 52.4 Å². The molecule has 1 rings (SSSR count). The fourth-order valence-electron chi connectivity index (χ4n) is 2.22. The normalized spacial score (nSPS) is 12.8. The minimum absolute atomic E-state index is 0.0471. The van der Waals surface area contributed by atoms with Gasteiger partial charge in [-0.15, -0.1) is 0 Å². The Morgan fingerprint density at radius 3 is 1.95 bits per heavy atom. The Morgan fingerprint density at radius 2 is 1.57 bits per heavy atom. The summed E-state index contributed by atoms with van der Waals surface area (Å²) in [6.45, 7) is 12.8. The SMILES string of the molecule is CN(C)CC(=O)c1cc(C(C)(C)C)cc(C(C)(C)C)c1O. The van der Waals surface area contributed by atoms with Gasteiger partial charge in [0.2, 0.25) is 0 Å². The molecule has 0 fully saturated rings. The molecule has 0 amide bonds. The molecule has 0 saturated heterocycles. The predicted octanol–water partition coefficient (Wildman–Crippen LogP) is 3.73. The van der Waals surface area contributed by atoms with E-state index in [2.05, 4.69) is 41.5 Å². The lowest BCUT2D eigenvalue weighted by Crippen LogP contribution is -2.24. The van der Waals surface area contributed by atoms with Gasteiger partial charge in [0.25, 0.3) is 0 Å². The molecule has 118 valence electrons. The number of likely N-dealkylation sites (N-methyl/N-ethyl adjacent to an activating group) is 1. The number of phenols is 1. The molecule has 0 saturated carbocycles. The molecule has 3 heteroatoms. The van der Waals surface area contributed by atoms with Gasteiger partial charge in [0.15, 0.2) is 5.78 Å². The molecule has 0 bridgehead atoms. The molecular formula is C18H29NO2. The van der Waals surface area contributed by atoms with Gasteiger partial charge < -0.3 is 10.0 Å². The van der Waals surface area contributed by atoms with Crippen LogP contribution in [0.5, 0.6) is 5.75 Å². The van der Waals surface area contributed by atoms with Crippen LogP contribution in [0.3, 0.4) is 0 Å². The van der Waals surface area contributed by atoms with E-state index in [4.69, 9.17) is 0 Å². The summed E-state index contributed by atoms with van der Waals surface area (Å²) in [5.41, 5.74) is 2.06.